The quantitative estimate of drug-likeness (QED) is 0.761. The molecule has 0 aromatic heterocycles. The van der Waals surface area contributed by atoms with Gasteiger partial charge in [0, 0.05) is 6.42 Å². The Kier molecular flexibility index (Phi) is 6.31. The van der Waals surface area contributed by atoms with Crippen LogP contribution in [0.4, 0.5) is 5.69 Å². The Morgan fingerprint density at radius 1 is 1.13 bits per heavy atom. The van der Waals surface area contributed by atoms with Crippen molar-refractivity contribution in [1.82, 2.24) is 0 Å². The number of benzene rings is 2. The van der Waals surface area contributed by atoms with E-state index in [9.17, 15) is 4.79 Å². The Labute approximate surface area is 146 Å². The third-order valence-corrected chi connectivity index (χ3v) is 4.03. The van der Waals surface area contributed by atoms with Crippen molar-refractivity contribution < 1.29 is 9.53 Å². The maximum absolute atomic E-state index is 12.2. The lowest BCUT2D eigenvalue weighted by Crippen LogP contribution is -2.14. The minimum Gasteiger partial charge on any atom is -0.489 e. The third-order valence-electron chi connectivity index (χ3n) is 3.18. The fourth-order valence-corrected chi connectivity index (χ4v) is 2.54. The SMILES string of the molecule is CC(C)Oc1ccccc1NC(=O)CCc1cccc(Cl)c1Cl. The smallest absolute Gasteiger partial charge is 0.224 e. The molecule has 0 saturated carbocycles. The van der Waals surface area contributed by atoms with Gasteiger partial charge in [0.15, 0.2) is 0 Å². The molecule has 0 unspecified atom stereocenters. The van der Waals surface area contributed by atoms with Crippen LogP contribution >= 0.6 is 23.2 Å². The summed E-state index contributed by atoms with van der Waals surface area (Å²) in [5.41, 5.74) is 1.53. The van der Waals surface area contributed by atoms with E-state index in [0.29, 0.717) is 34.3 Å². The van der Waals surface area contributed by atoms with E-state index in [-0.39, 0.29) is 12.0 Å². The number of hydrogen-bond acceptors (Lipinski definition) is 2. The summed E-state index contributed by atoms with van der Waals surface area (Å²) in [4.78, 5) is 12.2. The fourth-order valence-electron chi connectivity index (χ4n) is 2.13. The molecule has 0 aliphatic rings. The van der Waals surface area contributed by atoms with Gasteiger partial charge in [-0.25, -0.2) is 0 Å². The van der Waals surface area contributed by atoms with E-state index in [0.717, 1.165) is 5.56 Å². The van der Waals surface area contributed by atoms with E-state index in [2.05, 4.69) is 5.32 Å². The van der Waals surface area contributed by atoms with Crippen LogP contribution in [-0.2, 0) is 11.2 Å². The predicted octanol–water partition coefficient (Wildman–Crippen LogP) is 5.35. The first-order valence-corrected chi connectivity index (χ1v) is 8.21. The molecule has 0 aliphatic heterocycles. The molecule has 2 aromatic carbocycles. The second kappa shape index (κ2) is 8.23. The van der Waals surface area contributed by atoms with Gasteiger partial charge in [-0.15, -0.1) is 0 Å². The average molecular weight is 352 g/mol. The average Bonchev–Trinajstić information content (AvgIpc) is 2.50. The molecule has 0 fully saturated rings. The van der Waals surface area contributed by atoms with Gasteiger partial charge in [0.05, 0.1) is 21.8 Å². The number of carbonyl (C=O) groups is 1. The number of hydrogen-bond donors (Lipinski definition) is 1. The zero-order valence-electron chi connectivity index (χ0n) is 13.1. The lowest BCUT2D eigenvalue weighted by Gasteiger charge is -2.14. The third kappa shape index (κ3) is 5.15. The van der Waals surface area contributed by atoms with Crippen LogP contribution in [0.2, 0.25) is 10.0 Å². The van der Waals surface area contributed by atoms with Crippen molar-refractivity contribution in [3.63, 3.8) is 0 Å². The largest absolute Gasteiger partial charge is 0.489 e. The van der Waals surface area contributed by atoms with E-state index in [1.165, 1.54) is 0 Å². The molecule has 0 aliphatic carbocycles. The number of halogens is 2. The molecular formula is C18H19Cl2NO2. The lowest BCUT2D eigenvalue weighted by molar-refractivity contribution is -0.116. The number of nitrogens with one attached hydrogen (secondary N) is 1. The van der Waals surface area contributed by atoms with Crippen LogP contribution in [0.3, 0.4) is 0 Å². The zero-order valence-corrected chi connectivity index (χ0v) is 14.6. The molecule has 5 heteroatoms. The molecule has 0 radical (unpaired) electrons. The lowest BCUT2D eigenvalue weighted by atomic mass is 10.1. The highest BCUT2D eigenvalue weighted by Crippen LogP contribution is 2.27. The summed E-state index contributed by atoms with van der Waals surface area (Å²) in [6.45, 7) is 3.89. The molecule has 2 rings (SSSR count). The fraction of sp³-hybridized carbons (Fsp3) is 0.278. The monoisotopic (exact) mass is 351 g/mol. The minimum absolute atomic E-state index is 0.0401. The first kappa shape index (κ1) is 17.6. The maximum Gasteiger partial charge on any atom is 0.224 e. The molecule has 23 heavy (non-hydrogen) atoms. The number of ether oxygens (including phenoxy) is 1. The van der Waals surface area contributed by atoms with E-state index in [1.807, 2.05) is 50.2 Å². The Hall–Kier alpha value is -1.71. The van der Waals surface area contributed by atoms with E-state index in [4.69, 9.17) is 27.9 Å². The van der Waals surface area contributed by atoms with Crippen LogP contribution in [-0.4, -0.2) is 12.0 Å². The summed E-state index contributed by atoms with van der Waals surface area (Å²) >= 11 is 12.1. The number of anilines is 1. The number of para-hydroxylation sites is 2. The Bertz CT molecular complexity index is 686. The van der Waals surface area contributed by atoms with Gasteiger partial charge in [-0.3, -0.25) is 4.79 Å². The molecule has 0 heterocycles. The standard InChI is InChI=1S/C18H19Cl2NO2/c1-12(2)23-16-9-4-3-8-15(16)21-17(22)11-10-13-6-5-7-14(19)18(13)20/h3-9,12H,10-11H2,1-2H3,(H,21,22). The van der Waals surface area contributed by atoms with Crippen molar-refractivity contribution in [2.75, 3.05) is 5.32 Å². The van der Waals surface area contributed by atoms with Crippen molar-refractivity contribution in [3.8, 4) is 5.75 Å². The predicted molar refractivity (Wildman–Crippen MR) is 95.6 cm³/mol. The van der Waals surface area contributed by atoms with Gasteiger partial charge in [-0.05, 0) is 44.0 Å². The first-order valence-electron chi connectivity index (χ1n) is 7.46. The van der Waals surface area contributed by atoms with Gasteiger partial charge in [-0.1, -0.05) is 47.5 Å². The molecule has 2 aromatic rings. The van der Waals surface area contributed by atoms with Crippen LogP contribution < -0.4 is 10.1 Å². The highest BCUT2D eigenvalue weighted by molar-refractivity contribution is 6.42. The van der Waals surface area contributed by atoms with Crippen molar-refractivity contribution >= 4 is 34.8 Å². The molecule has 0 saturated heterocycles. The summed E-state index contributed by atoms with van der Waals surface area (Å²) in [7, 11) is 0. The first-order chi connectivity index (χ1) is 11.0. The molecule has 1 amide bonds. The van der Waals surface area contributed by atoms with Crippen molar-refractivity contribution in [2.24, 2.45) is 0 Å². The van der Waals surface area contributed by atoms with Crippen LogP contribution in [0.5, 0.6) is 5.75 Å². The summed E-state index contributed by atoms with van der Waals surface area (Å²) in [5, 5.41) is 3.89. The number of carbonyl (C=O) groups excluding carboxylic acids is 1. The zero-order chi connectivity index (χ0) is 16.8. The van der Waals surface area contributed by atoms with Crippen molar-refractivity contribution in [3.05, 3.63) is 58.1 Å². The summed E-state index contributed by atoms with van der Waals surface area (Å²) in [6.07, 6.45) is 0.882. The van der Waals surface area contributed by atoms with Gasteiger partial charge in [-0.2, -0.15) is 0 Å². The van der Waals surface area contributed by atoms with Gasteiger partial charge in [0.1, 0.15) is 5.75 Å². The van der Waals surface area contributed by atoms with Crippen LogP contribution in [0.25, 0.3) is 0 Å². The molecule has 0 atom stereocenters. The minimum atomic E-state index is -0.0964. The Morgan fingerprint density at radius 3 is 2.61 bits per heavy atom. The van der Waals surface area contributed by atoms with Crippen LogP contribution in [0.1, 0.15) is 25.8 Å². The summed E-state index contributed by atoms with van der Waals surface area (Å²) in [5.74, 6) is 0.567. The van der Waals surface area contributed by atoms with Gasteiger partial charge >= 0.3 is 0 Å². The number of amides is 1. The normalized spacial score (nSPS) is 10.7. The molecule has 0 spiro atoms. The van der Waals surface area contributed by atoms with Gasteiger partial charge in [0.2, 0.25) is 5.91 Å². The second-order valence-corrected chi connectivity index (χ2v) is 6.21. The molecule has 3 nitrogen and oxygen atoms in total. The van der Waals surface area contributed by atoms with E-state index >= 15 is 0 Å². The van der Waals surface area contributed by atoms with Crippen LogP contribution in [0.15, 0.2) is 42.5 Å². The molecule has 0 bridgehead atoms. The number of aryl methyl sites for hydroxylation is 1. The maximum atomic E-state index is 12.2. The number of rotatable bonds is 6. The van der Waals surface area contributed by atoms with Crippen LogP contribution in [0, 0.1) is 0 Å². The Morgan fingerprint density at radius 2 is 1.87 bits per heavy atom. The molecular weight excluding hydrogens is 333 g/mol. The molecule has 122 valence electrons. The van der Waals surface area contributed by atoms with E-state index < -0.39 is 0 Å². The summed E-state index contributed by atoms with van der Waals surface area (Å²) in [6, 6.07) is 12.8. The topological polar surface area (TPSA) is 38.3 Å². The van der Waals surface area contributed by atoms with Crippen molar-refractivity contribution in [1.29, 1.82) is 0 Å². The van der Waals surface area contributed by atoms with Gasteiger partial charge in [0.25, 0.3) is 0 Å². The van der Waals surface area contributed by atoms with Crippen molar-refractivity contribution in [2.45, 2.75) is 32.8 Å². The highest BCUT2D eigenvalue weighted by Gasteiger charge is 2.10. The highest BCUT2D eigenvalue weighted by atomic mass is 35.5. The summed E-state index contributed by atoms with van der Waals surface area (Å²) < 4.78 is 5.69. The van der Waals surface area contributed by atoms with E-state index in [1.54, 1.807) is 6.07 Å². The molecule has 1 N–H and O–H groups in total. The Balaban J connectivity index is 1.99. The second-order valence-electron chi connectivity index (χ2n) is 5.42. The van der Waals surface area contributed by atoms with Gasteiger partial charge < -0.3 is 10.1 Å².